The first kappa shape index (κ1) is 7.84. The Morgan fingerprint density at radius 2 is 2.18 bits per heavy atom. The summed E-state index contributed by atoms with van der Waals surface area (Å²) in [5, 5.41) is 0. The molecule has 1 aromatic heterocycles. The van der Waals surface area contributed by atoms with Gasteiger partial charge in [-0.2, -0.15) is 0 Å². The van der Waals surface area contributed by atoms with Crippen molar-refractivity contribution in [2.75, 3.05) is 0 Å². The van der Waals surface area contributed by atoms with Gasteiger partial charge >= 0.3 is 6.36 Å². The minimum atomic E-state index is -4.67. The number of pyridine rings is 1. The molecular weight excluding hydrogens is 159 g/mol. The molecule has 0 amide bonds. The molecule has 2 nitrogen and oxygen atoms in total. The highest BCUT2D eigenvalue weighted by Gasteiger charge is 2.31. The van der Waals surface area contributed by atoms with Crippen LogP contribution in [-0.2, 0) is 0 Å². The maximum atomic E-state index is 11.5. The van der Waals surface area contributed by atoms with Gasteiger partial charge in [-0.1, -0.05) is 0 Å². The molecule has 1 aromatic rings. The van der Waals surface area contributed by atoms with E-state index < -0.39 is 12.1 Å². The smallest absolute Gasteiger partial charge is 0.403 e. The number of alkyl halides is 3. The molecule has 0 N–H and O–H groups in total. The Balaban J connectivity index is 2.66. The largest absolute Gasteiger partial charge is 0.573 e. The first-order valence-corrected chi connectivity index (χ1v) is 2.66. The first-order chi connectivity index (χ1) is 5.08. The van der Waals surface area contributed by atoms with Gasteiger partial charge in [-0.25, -0.2) is 0 Å². The van der Waals surface area contributed by atoms with Crippen molar-refractivity contribution in [2.45, 2.75) is 6.36 Å². The highest BCUT2D eigenvalue weighted by atomic mass is 19.4. The molecule has 0 fully saturated rings. The Kier molecular flexibility index (Phi) is 1.98. The average molecular weight is 162 g/mol. The van der Waals surface area contributed by atoms with Gasteiger partial charge in [-0.05, 0) is 12.1 Å². The highest BCUT2D eigenvalue weighted by molar-refractivity contribution is 5.13. The van der Waals surface area contributed by atoms with Crippen LogP contribution in [0.2, 0.25) is 0 Å². The molecule has 0 bridgehead atoms. The van der Waals surface area contributed by atoms with Gasteiger partial charge in [-0.3, -0.25) is 4.98 Å². The van der Waals surface area contributed by atoms with Crippen LogP contribution in [0, 0.1) is 6.20 Å². The van der Waals surface area contributed by atoms with Crippen LogP contribution in [0.3, 0.4) is 0 Å². The monoisotopic (exact) mass is 162 g/mol. The van der Waals surface area contributed by atoms with E-state index >= 15 is 0 Å². The zero-order chi connectivity index (χ0) is 8.32. The van der Waals surface area contributed by atoms with E-state index in [4.69, 9.17) is 0 Å². The van der Waals surface area contributed by atoms with E-state index in [0.717, 1.165) is 6.07 Å². The van der Waals surface area contributed by atoms with Gasteiger partial charge in [0.15, 0.2) is 5.75 Å². The van der Waals surface area contributed by atoms with E-state index in [2.05, 4.69) is 9.72 Å². The summed E-state index contributed by atoms with van der Waals surface area (Å²) in [4.78, 5) is 3.32. The maximum absolute atomic E-state index is 11.5. The Bertz CT molecular complexity index is 221. The van der Waals surface area contributed by atoms with Gasteiger partial charge in [0, 0.05) is 6.20 Å². The third kappa shape index (κ3) is 2.88. The molecule has 1 radical (unpaired) electrons. The number of aromatic nitrogens is 1. The summed E-state index contributed by atoms with van der Waals surface area (Å²) < 4.78 is 37.9. The summed E-state index contributed by atoms with van der Waals surface area (Å²) >= 11 is 0. The highest BCUT2D eigenvalue weighted by Crippen LogP contribution is 2.20. The van der Waals surface area contributed by atoms with Crippen molar-refractivity contribution in [3.05, 3.63) is 24.5 Å². The van der Waals surface area contributed by atoms with Crippen LogP contribution in [0.4, 0.5) is 13.2 Å². The van der Waals surface area contributed by atoms with Crippen molar-refractivity contribution in [3.8, 4) is 5.75 Å². The molecule has 0 aliphatic heterocycles. The molecule has 0 spiro atoms. The van der Waals surface area contributed by atoms with Crippen molar-refractivity contribution in [2.24, 2.45) is 0 Å². The number of hydrogen-bond acceptors (Lipinski definition) is 2. The summed E-state index contributed by atoms with van der Waals surface area (Å²) in [6.07, 6.45) is -1.33. The second-order valence-electron chi connectivity index (χ2n) is 1.66. The number of rotatable bonds is 1. The molecule has 0 unspecified atom stereocenters. The number of hydrogen-bond donors (Lipinski definition) is 0. The quantitative estimate of drug-likeness (QED) is 0.627. The molecule has 0 saturated heterocycles. The van der Waals surface area contributed by atoms with Gasteiger partial charge in [0.05, 0.1) is 0 Å². The van der Waals surface area contributed by atoms with Gasteiger partial charge in [0.2, 0.25) is 0 Å². The van der Waals surface area contributed by atoms with Gasteiger partial charge in [0.25, 0.3) is 0 Å². The predicted octanol–water partition coefficient (Wildman–Crippen LogP) is 1.78. The molecule has 0 aromatic carbocycles. The van der Waals surface area contributed by atoms with Crippen LogP contribution >= 0.6 is 0 Å². The molecule has 0 atom stereocenters. The van der Waals surface area contributed by atoms with E-state index in [1.54, 1.807) is 0 Å². The van der Waals surface area contributed by atoms with E-state index in [0.29, 0.717) is 0 Å². The minimum absolute atomic E-state index is 0.431. The lowest BCUT2D eigenvalue weighted by Gasteiger charge is -2.06. The lowest BCUT2D eigenvalue weighted by atomic mass is 10.5. The average Bonchev–Trinajstić information content (AvgIpc) is 1.85. The fourth-order valence-corrected chi connectivity index (χ4v) is 0.493. The van der Waals surface area contributed by atoms with Crippen LogP contribution in [0.25, 0.3) is 0 Å². The van der Waals surface area contributed by atoms with Crippen molar-refractivity contribution in [1.29, 1.82) is 0 Å². The molecule has 0 saturated carbocycles. The lowest BCUT2D eigenvalue weighted by Crippen LogP contribution is -2.17. The Labute approximate surface area is 60.6 Å². The van der Waals surface area contributed by atoms with Gasteiger partial charge < -0.3 is 4.74 Å². The Hall–Kier alpha value is -1.26. The Morgan fingerprint density at radius 3 is 2.64 bits per heavy atom. The minimum Gasteiger partial charge on any atom is -0.403 e. The van der Waals surface area contributed by atoms with Gasteiger partial charge in [0.1, 0.15) is 6.20 Å². The number of halogens is 3. The van der Waals surface area contributed by atoms with E-state index in [-0.39, 0.29) is 0 Å². The molecule has 1 heterocycles. The topological polar surface area (TPSA) is 22.1 Å². The molecule has 1 rings (SSSR count). The SMILES string of the molecule is FC(F)(F)Oc1[c]nccc1. The molecule has 0 aliphatic carbocycles. The van der Waals surface area contributed by atoms with Crippen LogP contribution in [0.15, 0.2) is 18.3 Å². The Morgan fingerprint density at radius 1 is 1.45 bits per heavy atom. The third-order valence-electron chi connectivity index (χ3n) is 0.809. The second kappa shape index (κ2) is 2.77. The van der Waals surface area contributed by atoms with Crippen LogP contribution < -0.4 is 4.74 Å². The van der Waals surface area contributed by atoms with Crippen molar-refractivity contribution >= 4 is 0 Å². The molecular formula is C6H3F3NO. The zero-order valence-corrected chi connectivity index (χ0v) is 5.22. The number of ether oxygens (including phenoxy) is 1. The normalized spacial score (nSPS) is 11.2. The first-order valence-electron chi connectivity index (χ1n) is 2.66. The van der Waals surface area contributed by atoms with Crippen LogP contribution in [-0.4, -0.2) is 11.3 Å². The summed E-state index contributed by atoms with van der Waals surface area (Å²) in [6.45, 7) is 0. The van der Waals surface area contributed by atoms with Gasteiger partial charge in [-0.15, -0.1) is 13.2 Å². The molecule has 11 heavy (non-hydrogen) atoms. The summed E-state index contributed by atoms with van der Waals surface area (Å²) in [5.41, 5.74) is 0. The second-order valence-corrected chi connectivity index (χ2v) is 1.66. The van der Waals surface area contributed by atoms with E-state index in [1.165, 1.54) is 12.3 Å². The van der Waals surface area contributed by atoms with Crippen molar-refractivity contribution < 1.29 is 17.9 Å². The third-order valence-corrected chi connectivity index (χ3v) is 0.809. The number of nitrogens with zero attached hydrogens (tertiary/aromatic N) is 1. The lowest BCUT2D eigenvalue weighted by molar-refractivity contribution is -0.274. The zero-order valence-electron chi connectivity index (χ0n) is 5.22. The summed E-state index contributed by atoms with van der Waals surface area (Å²) in [6, 6.07) is 2.46. The van der Waals surface area contributed by atoms with E-state index in [1.807, 2.05) is 6.20 Å². The molecule has 59 valence electrons. The summed E-state index contributed by atoms with van der Waals surface area (Å²) in [5.74, 6) is -0.431. The summed E-state index contributed by atoms with van der Waals surface area (Å²) in [7, 11) is 0. The molecule has 0 aliphatic rings. The fourth-order valence-electron chi connectivity index (χ4n) is 0.493. The fraction of sp³-hybridized carbons (Fsp3) is 0.167. The van der Waals surface area contributed by atoms with Crippen LogP contribution in [0.1, 0.15) is 0 Å². The van der Waals surface area contributed by atoms with Crippen LogP contribution in [0.5, 0.6) is 5.75 Å². The van der Waals surface area contributed by atoms with E-state index in [9.17, 15) is 13.2 Å². The maximum Gasteiger partial charge on any atom is 0.573 e. The van der Waals surface area contributed by atoms with Crippen molar-refractivity contribution in [3.63, 3.8) is 0 Å². The molecule has 5 heteroatoms. The van der Waals surface area contributed by atoms with Crippen molar-refractivity contribution in [1.82, 2.24) is 4.98 Å². The standard InChI is InChI=1S/C6H3F3NO/c7-6(8,9)11-5-2-1-3-10-4-5/h1-3H. The predicted molar refractivity (Wildman–Crippen MR) is 29.8 cm³/mol.